The van der Waals surface area contributed by atoms with Gasteiger partial charge in [-0.05, 0) is 56.9 Å². The maximum absolute atomic E-state index is 11.7. The van der Waals surface area contributed by atoms with Gasteiger partial charge < -0.3 is 20.6 Å². The van der Waals surface area contributed by atoms with Gasteiger partial charge in [0.05, 0.1) is 6.10 Å². The number of β-amino-alcohol motifs (C(OH)–C–C–N with tert-alkyl or cyclic N) is 1. The van der Waals surface area contributed by atoms with E-state index in [4.69, 9.17) is 0 Å². The number of benzene rings is 1. The monoisotopic (exact) mass is 409 g/mol. The molecule has 0 radical (unpaired) electrons. The molecule has 0 aromatic heterocycles. The van der Waals surface area contributed by atoms with Crippen molar-refractivity contribution in [2.24, 2.45) is 0 Å². The van der Waals surface area contributed by atoms with Gasteiger partial charge >= 0.3 is 12.2 Å². The van der Waals surface area contributed by atoms with Crippen molar-refractivity contribution in [1.29, 1.82) is 0 Å². The van der Waals surface area contributed by atoms with Gasteiger partial charge in [-0.15, -0.1) is 0 Å². The molecule has 0 saturated carbocycles. The highest BCUT2D eigenvalue weighted by Gasteiger charge is 2.22. The van der Waals surface area contributed by atoms with E-state index in [1.807, 2.05) is 34.6 Å². The molecule has 0 aliphatic heterocycles. The van der Waals surface area contributed by atoms with Crippen molar-refractivity contribution in [2.45, 2.75) is 65.5 Å². The Kier molecular flexibility index (Phi) is 9.39. The van der Waals surface area contributed by atoms with E-state index in [1.54, 1.807) is 18.2 Å². The fourth-order valence-corrected chi connectivity index (χ4v) is 2.86. The summed E-state index contributed by atoms with van der Waals surface area (Å²) < 4.78 is 0. The van der Waals surface area contributed by atoms with Gasteiger partial charge in [0.1, 0.15) is 0 Å². The highest BCUT2D eigenvalue weighted by atomic mass is 16.4. The Morgan fingerprint density at radius 1 is 0.966 bits per heavy atom. The van der Waals surface area contributed by atoms with Gasteiger partial charge in [0.2, 0.25) is 0 Å². The molecule has 1 unspecified atom stereocenters. The van der Waals surface area contributed by atoms with Gasteiger partial charge in [0.15, 0.2) is 0 Å². The SMILES string of the molecule is CCCN(C(=O)O)c1cc(C(O)CNC(C)(C)CC)cc(N(CCC)C(=O)O)c1. The quantitative estimate of drug-likeness (QED) is 0.434. The lowest BCUT2D eigenvalue weighted by Gasteiger charge is -2.28. The Bertz CT molecular complexity index is 651. The van der Waals surface area contributed by atoms with Crippen molar-refractivity contribution in [3.63, 3.8) is 0 Å². The maximum atomic E-state index is 11.7. The second-order valence-corrected chi connectivity index (χ2v) is 7.79. The van der Waals surface area contributed by atoms with Crippen molar-refractivity contribution in [3.05, 3.63) is 23.8 Å². The normalized spacial score (nSPS) is 12.5. The predicted octanol–water partition coefficient (Wildman–Crippen LogP) is 4.29. The van der Waals surface area contributed by atoms with Crippen molar-refractivity contribution in [3.8, 4) is 0 Å². The van der Waals surface area contributed by atoms with Crippen molar-refractivity contribution in [2.75, 3.05) is 29.4 Å². The number of nitrogens with zero attached hydrogens (tertiary/aromatic N) is 2. The summed E-state index contributed by atoms with van der Waals surface area (Å²) in [6.45, 7) is 10.7. The fraction of sp³-hybridized carbons (Fsp3) is 0.619. The third-order valence-electron chi connectivity index (χ3n) is 4.95. The zero-order chi connectivity index (χ0) is 22.2. The molecule has 0 heterocycles. The first kappa shape index (κ1) is 24.7. The molecule has 0 aliphatic carbocycles. The van der Waals surface area contributed by atoms with Gasteiger partial charge in [-0.2, -0.15) is 0 Å². The van der Waals surface area contributed by atoms with Crippen molar-refractivity contribution >= 4 is 23.6 Å². The molecule has 8 nitrogen and oxygen atoms in total. The second-order valence-electron chi connectivity index (χ2n) is 7.79. The highest BCUT2D eigenvalue weighted by Crippen LogP contribution is 2.29. The summed E-state index contributed by atoms with van der Waals surface area (Å²) in [4.78, 5) is 25.8. The van der Waals surface area contributed by atoms with Crippen LogP contribution in [0.5, 0.6) is 0 Å². The van der Waals surface area contributed by atoms with Crippen LogP contribution < -0.4 is 15.1 Å². The van der Waals surface area contributed by atoms with Gasteiger partial charge in [-0.3, -0.25) is 9.80 Å². The van der Waals surface area contributed by atoms with Gasteiger partial charge in [-0.25, -0.2) is 9.59 Å². The molecule has 0 aliphatic rings. The number of carbonyl (C=O) groups is 2. The van der Waals surface area contributed by atoms with Crippen LogP contribution in [0.1, 0.15) is 65.5 Å². The summed E-state index contributed by atoms with van der Waals surface area (Å²) in [7, 11) is 0. The molecule has 8 heteroatoms. The van der Waals surface area contributed by atoms with Crippen LogP contribution in [0.3, 0.4) is 0 Å². The Labute approximate surface area is 173 Å². The van der Waals surface area contributed by atoms with Crippen molar-refractivity contribution in [1.82, 2.24) is 5.32 Å². The van der Waals surface area contributed by atoms with E-state index in [0.29, 0.717) is 29.8 Å². The van der Waals surface area contributed by atoms with E-state index in [2.05, 4.69) is 5.32 Å². The average molecular weight is 410 g/mol. The van der Waals surface area contributed by atoms with E-state index in [1.165, 1.54) is 9.80 Å². The van der Waals surface area contributed by atoms with Crippen LogP contribution in [0.25, 0.3) is 0 Å². The minimum Gasteiger partial charge on any atom is -0.465 e. The molecular formula is C21H35N3O5. The largest absolute Gasteiger partial charge is 0.465 e. The predicted molar refractivity (Wildman–Crippen MR) is 115 cm³/mol. The molecule has 0 fully saturated rings. The second kappa shape index (κ2) is 11.0. The first-order valence-electron chi connectivity index (χ1n) is 10.1. The molecular weight excluding hydrogens is 374 g/mol. The molecule has 4 N–H and O–H groups in total. The maximum Gasteiger partial charge on any atom is 0.411 e. The molecule has 0 saturated heterocycles. The van der Waals surface area contributed by atoms with Crippen LogP contribution in [-0.4, -0.2) is 52.7 Å². The van der Waals surface area contributed by atoms with Gasteiger partial charge in [0, 0.05) is 36.5 Å². The number of anilines is 2. The standard InChI is InChI=1S/C21H35N3O5/c1-6-9-23(19(26)27)16-11-15(18(25)14-22-21(4,5)8-3)12-17(13-16)24(10-7-2)20(28)29/h11-13,18,22,25H,6-10,14H2,1-5H3,(H,26,27)(H,28,29). The number of nitrogens with one attached hydrogen (secondary N) is 1. The van der Waals surface area contributed by atoms with Crippen molar-refractivity contribution < 1.29 is 24.9 Å². The van der Waals surface area contributed by atoms with Crippen LogP contribution in [-0.2, 0) is 0 Å². The number of rotatable bonds is 11. The van der Waals surface area contributed by atoms with E-state index in [9.17, 15) is 24.9 Å². The molecule has 29 heavy (non-hydrogen) atoms. The van der Waals surface area contributed by atoms with E-state index >= 15 is 0 Å². The van der Waals surface area contributed by atoms with E-state index in [0.717, 1.165) is 6.42 Å². The van der Waals surface area contributed by atoms with Crippen LogP contribution in [0.4, 0.5) is 21.0 Å². The highest BCUT2D eigenvalue weighted by molar-refractivity contribution is 5.90. The number of hydrogen-bond donors (Lipinski definition) is 4. The van der Waals surface area contributed by atoms with Crippen LogP contribution in [0.2, 0.25) is 0 Å². The van der Waals surface area contributed by atoms with Crippen LogP contribution in [0, 0.1) is 0 Å². The minimum atomic E-state index is -1.12. The Morgan fingerprint density at radius 2 is 1.41 bits per heavy atom. The van der Waals surface area contributed by atoms with Crippen LogP contribution >= 0.6 is 0 Å². The summed E-state index contributed by atoms with van der Waals surface area (Å²) in [6.07, 6.45) is -1.05. The number of aliphatic hydroxyl groups excluding tert-OH is 1. The smallest absolute Gasteiger partial charge is 0.411 e. The van der Waals surface area contributed by atoms with Crippen LogP contribution in [0.15, 0.2) is 18.2 Å². The number of carboxylic acid groups (broad SMARTS) is 2. The lowest BCUT2D eigenvalue weighted by Crippen LogP contribution is -2.41. The van der Waals surface area contributed by atoms with Gasteiger partial charge in [-0.1, -0.05) is 20.8 Å². The summed E-state index contributed by atoms with van der Waals surface area (Å²) >= 11 is 0. The Morgan fingerprint density at radius 3 is 1.76 bits per heavy atom. The Hall–Kier alpha value is -2.32. The topological polar surface area (TPSA) is 113 Å². The fourth-order valence-electron chi connectivity index (χ4n) is 2.86. The first-order chi connectivity index (χ1) is 13.6. The molecule has 2 amide bonds. The molecule has 1 aromatic rings. The molecule has 1 rings (SSSR count). The lowest BCUT2D eigenvalue weighted by atomic mass is 10.0. The Balaban J connectivity index is 3.39. The molecule has 1 atom stereocenters. The zero-order valence-electron chi connectivity index (χ0n) is 18.1. The third-order valence-corrected chi connectivity index (χ3v) is 4.95. The zero-order valence-corrected chi connectivity index (χ0v) is 18.1. The summed E-state index contributed by atoms with van der Waals surface area (Å²) in [5.74, 6) is 0. The first-order valence-corrected chi connectivity index (χ1v) is 10.1. The minimum absolute atomic E-state index is 0.161. The summed E-state index contributed by atoms with van der Waals surface area (Å²) in [5, 5.41) is 33.2. The number of amides is 2. The molecule has 1 aromatic carbocycles. The van der Waals surface area contributed by atoms with E-state index in [-0.39, 0.29) is 25.2 Å². The summed E-state index contributed by atoms with van der Waals surface area (Å²) in [5.41, 5.74) is 1.01. The lowest BCUT2D eigenvalue weighted by molar-refractivity contribution is 0.160. The van der Waals surface area contributed by atoms with Gasteiger partial charge in [0.25, 0.3) is 0 Å². The number of hydrogen-bond acceptors (Lipinski definition) is 4. The molecule has 0 bridgehead atoms. The average Bonchev–Trinajstić information content (AvgIpc) is 2.67. The summed E-state index contributed by atoms with van der Waals surface area (Å²) in [6, 6.07) is 4.78. The molecule has 164 valence electrons. The number of aliphatic hydroxyl groups is 1. The molecule has 0 spiro atoms. The third kappa shape index (κ3) is 7.21. The van der Waals surface area contributed by atoms with E-state index < -0.39 is 18.3 Å².